The molecule has 0 aliphatic heterocycles. The van der Waals surface area contributed by atoms with Gasteiger partial charge in [-0.25, -0.2) is 0 Å². The van der Waals surface area contributed by atoms with Gasteiger partial charge in [0.1, 0.15) is 0 Å². The fourth-order valence-corrected chi connectivity index (χ4v) is 3.53. The SMILES string of the molecule is Cc1ccc(C(C2CCC(O)CC2)N(C)C)c(C)c1. The highest BCUT2D eigenvalue weighted by atomic mass is 16.3. The summed E-state index contributed by atoms with van der Waals surface area (Å²) >= 11 is 0. The van der Waals surface area contributed by atoms with Crippen LogP contribution < -0.4 is 0 Å². The number of hydrogen-bond acceptors (Lipinski definition) is 2. The van der Waals surface area contributed by atoms with Gasteiger partial charge in [0, 0.05) is 6.04 Å². The van der Waals surface area contributed by atoms with Gasteiger partial charge in [0.2, 0.25) is 0 Å². The van der Waals surface area contributed by atoms with Crippen molar-refractivity contribution in [2.45, 2.75) is 51.7 Å². The van der Waals surface area contributed by atoms with E-state index in [1.54, 1.807) is 0 Å². The summed E-state index contributed by atoms with van der Waals surface area (Å²) in [4.78, 5) is 2.35. The largest absolute Gasteiger partial charge is 0.393 e. The highest BCUT2D eigenvalue weighted by molar-refractivity contribution is 5.33. The first kappa shape index (κ1) is 14.5. The lowest BCUT2D eigenvalue weighted by atomic mass is 9.78. The van der Waals surface area contributed by atoms with E-state index in [4.69, 9.17) is 0 Å². The van der Waals surface area contributed by atoms with E-state index in [0.717, 1.165) is 25.7 Å². The van der Waals surface area contributed by atoms with Crippen LogP contribution in [0, 0.1) is 19.8 Å². The van der Waals surface area contributed by atoms with Gasteiger partial charge in [-0.3, -0.25) is 0 Å². The van der Waals surface area contributed by atoms with Gasteiger partial charge in [0.15, 0.2) is 0 Å². The lowest BCUT2D eigenvalue weighted by Gasteiger charge is -2.37. The molecule has 1 atom stereocenters. The molecule has 0 radical (unpaired) electrons. The fraction of sp³-hybridized carbons (Fsp3) is 0.647. The molecule has 2 nitrogen and oxygen atoms in total. The Hall–Kier alpha value is -0.860. The summed E-state index contributed by atoms with van der Waals surface area (Å²) in [7, 11) is 4.35. The maximum Gasteiger partial charge on any atom is 0.0540 e. The average molecular weight is 261 g/mol. The molecule has 106 valence electrons. The Morgan fingerprint density at radius 2 is 1.74 bits per heavy atom. The Labute approximate surface area is 117 Å². The molecule has 1 aromatic rings. The second kappa shape index (κ2) is 6.06. The van der Waals surface area contributed by atoms with E-state index in [0.29, 0.717) is 12.0 Å². The molecule has 0 spiro atoms. The van der Waals surface area contributed by atoms with E-state index in [-0.39, 0.29) is 6.10 Å². The van der Waals surface area contributed by atoms with Crippen molar-refractivity contribution in [3.63, 3.8) is 0 Å². The minimum atomic E-state index is -0.0711. The highest BCUT2D eigenvalue weighted by Crippen LogP contribution is 2.38. The standard InChI is InChI=1S/C17H27NO/c1-12-5-10-16(13(2)11-12)17(18(3)4)14-6-8-15(19)9-7-14/h5,10-11,14-15,17,19H,6-9H2,1-4H3. The quantitative estimate of drug-likeness (QED) is 0.900. The van der Waals surface area contributed by atoms with Crippen LogP contribution in [0.3, 0.4) is 0 Å². The Bertz CT molecular complexity index is 419. The smallest absolute Gasteiger partial charge is 0.0540 e. The molecule has 2 heteroatoms. The predicted octanol–water partition coefficient (Wildman–Crippen LogP) is 3.46. The van der Waals surface area contributed by atoms with Crippen LogP contribution in [0.25, 0.3) is 0 Å². The molecule has 1 fully saturated rings. The van der Waals surface area contributed by atoms with Crippen molar-refractivity contribution in [3.8, 4) is 0 Å². The molecule has 19 heavy (non-hydrogen) atoms. The number of hydrogen-bond donors (Lipinski definition) is 1. The van der Waals surface area contributed by atoms with Crippen LogP contribution in [0.2, 0.25) is 0 Å². The molecule has 0 amide bonds. The fourth-order valence-electron chi connectivity index (χ4n) is 3.53. The molecule has 1 aromatic carbocycles. The Morgan fingerprint density at radius 1 is 1.11 bits per heavy atom. The van der Waals surface area contributed by atoms with Crippen molar-refractivity contribution >= 4 is 0 Å². The van der Waals surface area contributed by atoms with Crippen molar-refractivity contribution in [1.82, 2.24) is 4.90 Å². The van der Waals surface area contributed by atoms with E-state index in [9.17, 15) is 5.11 Å². The van der Waals surface area contributed by atoms with E-state index >= 15 is 0 Å². The third kappa shape index (κ3) is 3.37. The second-order valence-corrected chi connectivity index (χ2v) is 6.34. The first-order valence-electron chi connectivity index (χ1n) is 7.40. The summed E-state index contributed by atoms with van der Waals surface area (Å²) in [6.45, 7) is 4.37. The number of nitrogens with zero attached hydrogens (tertiary/aromatic N) is 1. The minimum Gasteiger partial charge on any atom is -0.393 e. The van der Waals surface area contributed by atoms with Gasteiger partial charge in [-0.15, -0.1) is 0 Å². The van der Waals surface area contributed by atoms with Crippen LogP contribution in [-0.4, -0.2) is 30.2 Å². The topological polar surface area (TPSA) is 23.5 Å². The van der Waals surface area contributed by atoms with Crippen LogP contribution in [0.1, 0.15) is 48.4 Å². The molecular formula is C17H27NO. The lowest BCUT2D eigenvalue weighted by molar-refractivity contribution is 0.0777. The van der Waals surface area contributed by atoms with Gasteiger partial charge in [-0.05, 0) is 70.7 Å². The predicted molar refractivity (Wildman–Crippen MR) is 80.3 cm³/mol. The lowest BCUT2D eigenvalue weighted by Crippen LogP contribution is -2.32. The summed E-state index contributed by atoms with van der Waals surface area (Å²) in [6, 6.07) is 7.27. The van der Waals surface area contributed by atoms with E-state index < -0.39 is 0 Å². The number of benzene rings is 1. The molecule has 1 unspecified atom stereocenters. The van der Waals surface area contributed by atoms with Crippen LogP contribution in [0.4, 0.5) is 0 Å². The molecule has 2 rings (SSSR count). The van der Waals surface area contributed by atoms with Gasteiger partial charge in [0.25, 0.3) is 0 Å². The average Bonchev–Trinajstić information content (AvgIpc) is 2.34. The first-order valence-corrected chi connectivity index (χ1v) is 7.40. The zero-order valence-corrected chi connectivity index (χ0v) is 12.7. The molecule has 0 saturated heterocycles. The third-order valence-corrected chi connectivity index (χ3v) is 4.49. The molecule has 0 heterocycles. The van der Waals surface area contributed by atoms with Crippen molar-refractivity contribution < 1.29 is 5.11 Å². The normalized spacial score (nSPS) is 25.6. The van der Waals surface area contributed by atoms with E-state index in [2.05, 4.69) is 51.0 Å². The van der Waals surface area contributed by atoms with Crippen molar-refractivity contribution in [2.75, 3.05) is 14.1 Å². The summed E-state index contributed by atoms with van der Waals surface area (Å²) in [5.74, 6) is 0.666. The Kier molecular flexibility index (Phi) is 4.64. The Morgan fingerprint density at radius 3 is 2.26 bits per heavy atom. The number of rotatable bonds is 3. The molecule has 1 saturated carbocycles. The Balaban J connectivity index is 2.24. The molecule has 0 bridgehead atoms. The highest BCUT2D eigenvalue weighted by Gasteiger charge is 2.30. The number of aliphatic hydroxyl groups excluding tert-OH is 1. The number of aryl methyl sites for hydroxylation is 2. The van der Waals surface area contributed by atoms with Gasteiger partial charge in [-0.2, -0.15) is 0 Å². The summed E-state index contributed by atoms with van der Waals surface area (Å²) in [6.07, 6.45) is 4.12. The summed E-state index contributed by atoms with van der Waals surface area (Å²) in [5.41, 5.74) is 4.18. The monoisotopic (exact) mass is 261 g/mol. The van der Waals surface area contributed by atoms with Crippen LogP contribution in [0.15, 0.2) is 18.2 Å². The molecule has 1 aliphatic rings. The van der Waals surface area contributed by atoms with Crippen LogP contribution in [-0.2, 0) is 0 Å². The molecule has 1 aliphatic carbocycles. The maximum absolute atomic E-state index is 9.70. The van der Waals surface area contributed by atoms with Crippen molar-refractivity contribution in [3.05, 3.63) is 34.9 Å². The first-order chi connectivity index (χ1) is 8.99. The summed E-state index contributed by atoms with van der Waals surface area (Å²) in [5, 5.41) is 9.70. The maximum atomic E-state index is 9.70. The van der Waals surface area contributed by atoms with Gasteiger partial charge in [-0.1, -0.05) is 23.8 Å². The van der Waals surface area contributed by atoms with E-state index in [1.807, 2.05) is 0 Å². The zero-order valence-electron chi connectivity index (χ0n) is 12.7. The zero-order chi connectivity index (χ0) is 14.0. The van der Waals surface area contributed by atoms with Crippen LogP contribution in [0.5, 0.6) is 0 Å². The van der Waals surface area contributed by atoms with Gasteiger partial charge < -0.3 is 10.0 Å². The molecule has 0 aromatic heterocycles. The van der Waals surface area contributed by atoms with Crippen molar-refractivity contribution in [1.29, 1.82) is 0 Å². The van der Waals surface area contributed by atoms with Crippen LogP contribution >= 0.6 is 0 Å². The molecule has 1 N–H and O–H groups in total. The summed E-state index contributed by atoms with van der Waals surface area (Å²) < 4.78 is 0. The second-order valence-electron chi connectivity index (χ2n) is 6.34. The minimum absolute atomic E-state index is 0.0711. The van der Waals surface area contributed by atoms with Gasteiger partial charge >= 0.3 is 0 Å². The van der Waals surface area contributed by atoms with Gasteiger partial charge in [0.05, 0.1) is 6.10 Å². The number of aliphatic hydroxyl groups is 1. The van der Waals surface area contributed by atoms with E-state index in [1.165, 1.54) is 16.7 Å². The molecular weight excluding hydrogens is 234 g/mol. The van der Waals surface area contributed by atoms with Crippen molar-refractivity contribution in [2.24, 2.45) is 5.92 Å². The third-order valence-electron chi connectivity index (χ3n) is 4.49.